The molecule has 0 aromatic heterocycles. The first-order valence-corrected chi connectivity index (χ1v) is 8.94. The minimum absolute atomic E-state index is 0.000257. The highest BCUT2D eigenvalue weighted by atomic mass is 35.5. The van der Waals surface area contributed by atoms with Crippen molar-refractivity contribution in [3.8, 4) is 5.75 Å². The van der Waals surface area contributed by atoms with Crippen molar-refractivity contribution in [1.82, 2.24) is 10.2 Å². The Kier molecular flexibility index (Phi) is 5.95. The fraction of sp³-hybridized carbons (Fsp3) is 0.350. The van der Waals surface area contributed by atoms with Crippen LogP contribution in [0.3, 0.4) is 0 Å². The summed E-state index contributed by atoms with van der Waals surface area (Å²) in [5, 5.41) is 3.82. The Labute approximate surface area is 153 Å². The Morgan fingerprint density at radius 1 is 1.12 bits per heavy atom. The molecule has 0 aliphatic carbocycles. The van der Waals surface area contributed by atoms with Crippen LogP contribution in [-0.2, 0) is 6.61 Å². The maximum atomic E-state index is 12.3. The lowest BCUT2D eigenvalue weighted by Gasteiger charge is -2.29. The minimum Gasteiger partial charge on any atom is -0.489 e. The zero-order valence-electron chi connectivity index (χ0n) is 14.4. The number of ether oxygens (including phenoxy) is 1. The number of likely N-dealkylation sites (tertiary alicyclic amines) is 1. The number of nitrogens with zero attached hydrogens (tertiary/aromatic N) is 1. The van der Waals surface area contributed by atoms with Crippen molar-refractivity contribution in [2.45, 2.75) is 25.5 Å². The van der Waals surface area contributed by atoms with Gasteiger partial charge in [-0.3, -0.25) is 4.79 Å². The van der Waals surface area contributed by atoms with E-state index in [2.05, 4.69) is 17.3 Å². The van der Waals surface area contributed by atoms with Crippen LogP contribution in [-0.4, -0.2) is 37.0 Å². The van der Waals surface area contributed by atoms with Crippen LogP contribution in [0.5, 0.6) is 5.75 Å². The number of rotatable bonds is 5. The highest BCUT2D eigenvalue weighted by molar-refractivity contribution is 6.30. The van der Waals surface area contributed by atoms with E-state index in [-0.39, 0.29) is 11.9 Å². The van der Waals surface area contributed by atoms with Crippen LogP contribution in [0.15, 0.2) is 48.5 Å². The average Bonchev–Trinajstić information content (AvgIpc) is 2.63. The lowest BCUT2D eigenvalue weighted by atomic mass is 10.0. The zero-order valence-corrected chi connectivity index (χ0v) is 15.1. The maximum absolute atomic E-state index is 12.3. The van der Waals surface area contributed by atoms with E-state index in [1.165, 1.54) is 0 Å². The normalized spacial score (nSPS) is 15.8. The Morgan fingerprint density at radius 2 is 1.76 bits per heavy atom. The number of amides is 1. The van der Waals surface area contributed by atoms with E-state index in [0.29, 0.717) is 17.2 Å². The number of piperidine rings is 1. The fourth-order valence-corrected chi connectivity index (χ4v) is 3.00. The van der Waals surface area contributed by atoms with Crippen molar-refractivity contribution in [3.63, 3.8) is 0 Å². The van der Waals surface area contributed by atoms with E-state index >= 15 is 0 Å². The second-order valence-electron chi connectivity index (χ2n) is 6.49. The number of hydrogen-bond acceptors (Lipinski definition) is 3. The van der Waals surface area contributed by atoms with Crippen LogP contribution >= 0.6 is 11.6 Å². The molecule has 1 fully saturated rings. The SMILES string of the molecule is CN1CCC(NC(=O)c2ccc(COc3ccc(Cl)cc3)cc2)CC1. The molecule has 2 aromatic rings. The van der Waals surface area contributed by atoms with Crippen molar-refractivity contribution in [3.05, 3.63) is 64.7 Å². The van der Waals surface area contributed by atoms with Gasteiger partial charge >= 0.3 is 0 Å². The largest absolute Gasteiger partial charge is 0.489 e. The second-order valence-corrected chi connectivity index (χ2v) is 6.93. The van der Waals surface area contributed by atoms with Gasteiger partial charge in [0.25, 0.3) is 5.91 Å². The highest BCUT2D eigenvalue weighted by Crippen LogP contribution is 2.17. The van der Waals surface area contributed by atoms with Crippen LogP contribution in [0.2, 0.25) is 5.02 Å². The zero-order chi connectivity index (χ0) is 17.6. The predicted molar refractivity (Wildman–Crippen MR) is 100 cm³/mol. The molecular formula is C20H23ClN2O2. The van der Waals surface area contributed by atoms with Gasteiger partial charge in [0.05, 0.1) is 0 Å². The average molecular weight is 359 g/mol. The summed E-state index contributed by atoms with van der Waals surface area (Å²) in [7, 11) is 2.11. The Morgan fingerprint density at radius 3 is 2.40 bits per heavy atom. The predicted octanol–water partition coefficient (Wildman–Crippen LogP) is 3.74. The molecular weight excluding hydrogens is 336 g/mol. The third-order valence-corrected chi connectivity index (χ3v) is 4.74. The molecule has 1 heterocycles. The van der Waals surface area contributed by atoms with E-state index in [0.717, 1.165) is 37.2 Å². The van der Waals surface area contributed by atoms with Crippen LogP contribution in [0.1, 0.15) is 28.8 Å². The van der Waals surface area contributed by atoms with Gasteiger partial charge in [0.15, 0.2) is 0 Å². The number of carbonyl (C=O) groups excluding carboxylic acids is 1. The molecule has 0 spiro atoms. The molecule has 1 amide bonds. The first kappa shape index (κ1) is 17.8. The lowest BCUT2D eigenvalue weighted by Crippen LogP contribution is -2.43. The van der Waals surface area contributed by atoms with Crippen LogP contribution < -0.4 is 10.1 Å². The van der Waals surface area contributed by atoms with Gasteiger partial charge in [-0.15, -0.1) is 0 Å². The molecule has 1 aliphatic heterocycles. The number of benzene rings is 2. The number of halogens is 1. The molecule has 1 N–H and O–H groups in total. The third kappa shape index (κ3) is 5.21. The topological polar surface area (TPSA) is 41.6 Å². The Bertz CT molecular complexity index is 693. The Balaban J connectivity index is 1.51. The minimum atomic E-state index is -0.000257. The summed E-state index contributed by atoms with van der Waals surface area (Å²) in [5.74, 6) is 0.771. The standard InChI is InChI=1S/C20H23ClN2O2/c1-23-12-10-18(11-13-23)22-20(24)16-4-2-15(3-5-16)14-25-19-8-6-17(21)7-9-19/h2-9,18H,10-14H2,1H3,(H,22,24). The molecule has 132 valence electrons. The molecule has 0 bridgehead atoms. The molecule has 0 radical (unpaired) electrons. The van der Waals surface area contributed by atoms with Crippen LogP contribution in [0, 0.1) is 0 Å². The number of nitrogens with one attached hydrogen (secondary N) is 1. The monoisotopic (exact) mass is 358 g/mol. The van der Waals surface area contributed by atoms with Crippen molar-refractivity contribution < 1.29 is 9.53 Å². The van der Waals surface area contributed by atoms with Gasteiger partial charge in [0, 0.05) is 16.6 Å². The summed E-state index contributed by atoms with van der Waals surface area (Å²) in [6.45, 7) is 2.52. The summed E-state index contributed by atoms with van der Waals surface area (Å²) in [5.41, 5.74) is 1.71. The smallest absolute Gasteiger partial charge is 0.251 e. The molecule has 0 atom stereocenters. The summed E-state index contributed by atoms with van der Waals surface area (Å²) in [6, 6.07) is 15.1. The Hall–Kier alpha value is -2.04. The molecule has 4 nitrogen and oxygen atoms in total. The third-order valence-electron chi connectivity index (χ3n) is 4.49. The van der Waals surface area contributed by atoms with Gasteiger partial charge < -0.3 is 15.0 Å². The lowest BCUT2D eigenvalue weighted by molar-refractivity contribution is 0.0917. The second kappa shape index (κ2) is 8.37. The maximum Gasteiger partial charge on any atom is 0.251 e. The van der Waals surface area contributed by atoms with E-state index in [4.69, 9.17) is 16.3 Å². The van der Waals surface area contributed by atoms with E-state index < -0.39 is 0 Å². The summed E-state index contributed by atoms with van der Waals surface area (Å²) in [6.07, 6.45) is 2.02. The first-order chi connectivity index (χ1) is 12.1. The molecule has 0 saturated carbocycles. The molecule has 1 saturated heterocycles. The van der Waals surface area contributed by atoms with Crippen molar-refractivity contribution in [2.75, 3.05) is 20.1 Å². The summed E-state index contributed by atoms with van der Waals surface area (Å²) >= 11 is 5.86. The summed E-state index contributed by atoms with van der Waals surface area (Å²) < 4.78 is 5.72. The van der Waals surface area contributed by atoms with E-state index in [1.807, 2.05) is 36.4 Å². The molecule has 1 aliphatic rings. The number of carbonyl (C=O) groups is 1. The van der Waals surface area contributed by atoms with Gasteiger partial charge in [-0.25, -0.2) is 0 Å². The molecule has 3 rings (SSSR count). The van der Waals surface area contributed by atoms with Gasteiger partial charge in [0.1, 0.15) is 12.4 Å². The molecule has 5 heteroatoms. The van der Waals surface area contributed by atoms with E-state index in [9.17, 15) is 4.79 Å². The number of hydrogen-bond donors (Lipinski definition) is 1. The van der Waals surface area contributed by atoms with Crippen molar-refractivity contribution >= 4 is 17.5 Å². The first-order valence-electron chi connectivity index (χ1n) is 8.57. The van der Waals surface area contributed by atoms with Crippen molar-refractivity contribution in [1.29, 1.82) is 0 Å². The van der Waals surface area contributed by atoms with Crippen LogP contribution in [0.4, 0.5) is 0 Å². The van der Waals surface area contributed by atoms with Crippen LogP contribution in [0.25, 0.3) is 0 Å². The highest BCUT2D eigenvalue weighted by Gasteiger charge is 2.18. The van der Waals surface area contributed by atoms with Gasteiger partial charge in [-0.2, -0.15) is 0 Å². The fourth-order valence-electron chi connectivity index (χ4n) is 2.87. The van der Waals surface area contributed by atoms with Crippen molar-refractivity contribution in [2.24, 2.45) is 0 Å². The van der Waals surface area contributed by atoms with Gasteiger partial charge in [-0.1, -0.05) is 23.7 Å². The van der Waals surface area contributed by atoms with Gasteiger partial charge in [0.2, 0.25) is 0 Å². The summed E-state index contributed by atoms with van der Waals surface area (Å²) in [4.78, 5) is 14.6. The molecule has 0 unspecified atom stereocenters. The van der Waals surface area contributed by atoms with Gasteiger partial charge in [-0.05, 0) is 74.9 Å². The quantitative estimate of drug-likeness (QED) is 0.885. The molecule has 25 heavy (non-hydrogen) atoms. The van der Waals surface area contributed by atoms with E-state index in [1.54, 1.807) is 12.1 Å². The molecule has 2 aromatic carbocycles.